The van der Waals surface area contributed by atoms with E-state index in [1.165, 1.54) is 17.0 Å². The molecule has 0 atom stereocenters. The fourth-order valence-corrected chi connectivity index (χ4v) is 2.93. The van der Waals surface area contributed by atoms with E-state index in [9.17, 15) is 4.79 Å². The number of benzene rings is 2. The van der Waals surface area contributed by atoms with E-state index in [0.29, 0.717) is 6.54 Å². The first kappa shape index (κ1) is 21.7. The van der Waals surface area contributed by atoms with Gasteiger partial charge >= 0.3 is 37.7 Å². The zero-order chi connectivity index (χ0) is 18.4. The number of para-hydroxylation sites is 1. The van der Waals surface area contributed by atoms with E-state index < -0.39 is 5.91 Å². The number of carbonyl (C=O) groups excluding carboxylic acids is 1. The van der Waals surface area contributed by atoms with Crippen LogP contribution in [0.3, 0.4) is 0 Å². The molecule has 3 aromatic rings. The molecule has 0 saturated heterocycles. The SMILES string of the molecule is Cc1[n-]c2ccccc2c1CC[N-]Cc1ccc(/C=C/C(=O)NO)cc1.[Ca+2]. The number of rotatable bonds is 7. The van der Waals surface area contributed by atoms with E-state index in [-0.39, 0.29) is 37.7 Å². The fraction of sp³-hybridized carbons (Fsp3) is 0.190. The minimum Gasteiger partial charge on any atom is -0.661 e. The average molecular weight is 387 g/mol. The molecule has 0 spiro atoms. The van der Waals surface area contributed by atoms with Gasteiger partial charge in [0.2, 0.25) is 0 Å². The number of fused-ring (bicyclic) bond motifs is 1. The zero-order valence-corrected chi connectivity index (χ0v) is 17.6. The van der Waals surface area contributed by atoms with Crippen LogP contribution in [0.1, 0.15) is 22.4 Å². The molecule has 0 bridgehead atoms. The van der Waals surface area contributed by atoms with Gasteiger partial charge in [0.15, 0.2) is 0 Å². The van der Waals surface area contributed by atoms with Crippen molar-refractivity contribution < 1.29 is 10.0 Å². The molecule has 2 aromatic carbocycles. The number of carbonyl (C=O) groups is 1. The van der Waals surface area contributed by atoms with Crippen molar-refractivity contribution in [1.82, 2.24) is 10.5 Å². The van der Waals surface area contributed by atoms with Gasteiger partial charge in [-0.2, -0.15) is 5.69 Å². The molecular weight excluding hydrogens is 366 g/mol. The summed E-state index contributed by atoms with van der Waals surface area (Å²) in [5, 5.41) is 14.3. The average Bonchev–Trinajstić information content (AvgIpc) is 2.99. The normalized spacial score (nSPS) is 10.9. The predicted molar refractivity (Wildman–Crippen MR) is 109 cm³/mol. The fourth-order valence-electron chi connectivity index (χ4n) is 2.93. The molecule has 134 valence electrons. The van der Waals surface area contributed by atoms with Gasteiger partial charge in [0.1, 0.15) is 0 Å². The van der Waals surface area contributed by atoms with E-state index in [4.69, 9.17) is 5.21 Å². The smallest absolute Gasteiger partial charge is 0.661 e. The predicted octanol–water partition coefficient (Wildman–Crippen LogP) is 3.36. The van der Waals surface area contributed by atoms with Crippen molar-refractivity contribution in [3.05, 3.63) is 82.3 Å². The van der Waals surface area contributed by atoms with Crippen LogP contribution >= 0.6 is 0 Å². The van der Waals surface area contributed by atoms with Crippen molar-refractivity contribution in [3.8, 4) is 0 Å². The number of nitrogens with zero attached hydrogens (tertiary/aromatic N) is 2. The number of aromatic nitrogens is 1. The number of hydrogen-bond acceptors (Lipinski definition) is 2. The van der Waals surface area contributed by atoms with Crippen molar-refractivity contribution in [2.45, 2.75) is 19.9 Å². The van der Waals surface area contributed by atoms with Gasteiger partial charge in [-0.25, -0.2) is 5.48 Å². The Morgan fingerprint density at radius 2 is 1.93 bits per heavy atom. The second-order valence-corrected chi connectivity index (χ2v) is 6.10. The van der Waals surface area contributed by atoms with Crippen LogP contribution in [0.2, 0.25) is 0 Å². The van der Waals surface area contributed by atoms with Crippen molar-refractivity contribution in [1.29, 1.82) is 0 Å². The molecule has 5 nitrogen and oxygen atoms in total. The first-order chi connectivity index (χ1) is 12.7. The van der Waals surface area contributed by atoms with Crippen LogP contribution in [0.25, 0.3) is 22.3 Å². The number of nitrogens with one attached hydrogen (secondary N) is 1. The third-order valence-electron chi connectivity index (χ3n) is 4.29. The Hall–Kier alpha value is -1.63. The summed E-state index contributed by atoms with van der Waals surface area (Å²) in [7, 11) is 0. The molecule has 6 heteroatoms. The molecule has 1 amide bonds. The number of hydrogen-bond donors (Lipinski definition) is 2. The van der Waals surface area contributed by atoms with E-state index in [2.05, 4.69) is 23.3 Å². The summed E-state index contributed by atoms with van der Waals surface area (Å²) >= 11 is 0. The summed E-state index contributed by atoms with van der Waals surface area (Å²) < 4.78 is 0. The minimum atomic E-state index is -0.547. The molecule has 1 heterocycles. The topological polar surface area (TPSA) is 77.5 Å². The number of hydroxylamine groups is 1. The van der Waals surface area contributed by atoms with Gasteiger partial charge in [-0.1, -0.05) is 66.6 Å². The molecule has 0 saturated carbocycles. The van der Waals surface area contributed by atoms with Crippen LogP contribution in [0.15, 0.2) is 54.6 Å². The van der Waals surface area contributed by atoms with E-state index >= 15 is 0 Å². The summed E-state index contributed by atoms with van der Waals surface area (Å²) in [5.41, 5.74) is 7.00. The van der Waals surface area contributed by atoms with Crippen LogP contribution in [0.4, 0.5) is 0 Å². The summed E-state index contributed by atoms with van der Waals surface area (Å²) in [6, 6.07) is 16.0. The van der Waals surface area contributed by atoms with Crippen molar-refractivity contribution in [2.24, 2.45) is 0 Å². The van der Waals surface area contributed by atoms with Crippen LogP contribution < -0.4 is 10.5 Å². The molecule has 3 rings (SSSR count). The van der Waals surface area contributed by atoms with Crippen LogP contribution in [-0.4, -0.2) is 55.4 Å². The van der Waals surface area contributed by atoms with E-state index in [1.54, 1.807) is 11.6 Å². The third-order valence-corrected chi connectivity index (χ3v) is 4.29. The third kappa shape index (κ3) is 5.92. The van der Waals surface area contributed by atoms with Crippen molar-refractivity contribution in [2.75, 3.05) is 6.54 Å². The molecule has 0 unspecified atom stereocenters. The Labute approximate surface area is 188 Å². The molecular formula is C21H21CaN3O2. The van der Waals surface area contributed by atoms with Gasteiger partial charge in [0.25, 0.3) is 5.91 Å². The summed E-state index contributed by atoms with van der Waals surface area (Å²) in [4.78, 5) is 15.6. The quantitative estimate of drug-likeness (QED) is 0.215. The van der Waals surface area contributed by atoms with Crippen molar-refractivity contribution in [3.63, 3.8) is 0 Å². The Kier molecular flexibility index (Phi) is 8.54. The summed E-state index contributed by atoms with van der Waals surface area (Å²) in [6.07, 6.45) is 3.81. The minimum absolute atomic E-state index is 0. The van der Waals surface area contributed by atoms with Gasteiger partial charge in [-0.05, 0) is 23.4 Å². The maximum Gasteiger partial charge on any atom is 2.00 e. The molecule has 0 radical (unpaired) electrons. The summed E-state index contributed by atoms with van der Waals surface area (Å²) in [5.74, 6) is -0.547. The Balaban J connectivity index is 0.00000261. The first-order valence-electron chi connectivity index (χ1n) is 8.52. The number of aryl methyl sites for hydroxylation is 1. The monoisotopic (exact) mass is 387 g/mol. The Bertz CT molecular complexity index is 917. The van der Waals surface area contributed by atoms with Crippen molar-refractivity contribution >= 4 is 60.6 Å². The van der Waals surface area contributed by atoms with Gasteiger partial charge in [0, 0.05) is 6.08 Å². The maximum absolute atomic E-state index is 11.0. The molecule has 0 aliphatic carbocycles. The molecule has 27 heavy (non-hydrogen) atoms. The van der Waals surface area contributed by atoms with Crippen LogP contribution in [0.5, 0.6) is 0 Å². The molecule has 0 aliphatic heterocycles. The zero-order valence-electron chi connectivity index (χ0n) is 15.4. The molecule has 1 aromatic heterocycles. The molecule has 2 N–H and O–H groups in total. The van der Waals surface area contributed by atoms with Crippen LogP contribution in [-0.2, 0) is 17.8 Å². The standard InChI is InChI=1S/C21H21N3O2.Ca/c1-15-18(19-4-2-3-5-20(19)23-15)12-13-22-14-17-8-6-16(7-9-17)10-11-21(25)24-26;/h2-11,26H,12-14H2,1H3,(H,24,25);/q-2;+2/b11-10+;. The molecule has 0 aliphatic rings. The largest absolute Gasteiger partial charge is 2.00 e. The maximum atomic E-state index is 11.0. The van der Waals surface area contributed by atoms with E-state index in [1.807, 2.05) is 42.5 Å². The van der Waals surface area contributed by atoms with Gasteiger partial charge in [0.05, 0.1) is 0 Å². The summed E-state index contributed by atoms with van der Waals surface area (Å²) in [6.45, 7) is 3.47. The van der Waals surface area contributed by atoms with Gasteiger partial charge in [-0.3, -0.25) is 10.0 Å². The number of amides is 1. The Morgan fingerprint density at radius 1 is 1.19 bits per heavy atom. The van der Waals surface area contributed by atoms with E-state index in [0.717, 1.165) is 35.3 Å². The Morgan fingerprint density at radius 3 is 2.67 bits per heavy atom. The first-order valence-corrected chi connectivity index (χ1v) is 8.52. The molecule has 0 fully saturated rings. The second kappa shape index (κ2) is 10.6. The van der Waals surface area contributed by atoms with Gasteiger partial charge < -0.3 is 10.3 Å². The van der Waals surface area contributed by atoms with Gasteiger partial charge in [-0.15, -0.1) is 18.6 Å². The second-order valence-electron chi connectivity index (χ2n) is 6.10. The van der Waals surface area contributed by atoms with Crippen LogP contribution in [0, 0.1) is 6.92 Å².